The zero-order chi connectivity index (χ0) is 11.5. The van der Waals surface area contributed by atoms with Crippen LogP contribution in [0.4, 0.5) is 0 Å². The molecule has 15 heavy (non-hydrogen) atoms. The summed E-state index contributed by atoms with van der Waals surface area (Å²) in [5.41, 5.74) is -0.434. The Balaban J connectivity index is 2.93. The van der Waals surface area contributed by atoms with Crippen molar-refractivity contribution in [3.8, 4) is 0 Å². The molecule has 0 heterocycles. The van der Waals surface area contributed by atoms with Gasteiger partial charge in [0, 0.05) is 0 Å². The number of hydrogen-bond acceptors (Lipinski definition) is 3. The Bertz CT molecular complexity index is 113. The van der Waals surface area contributed by atoms with E-state index in [4.69, 9.17) is 10.2 Å². The predicted octanol–water partition coefficient (Wildman–Crippen LogP) is 3.13. The summed E-state index contributed by atoms with van der Waals surface area (Å²) in [5, 5.41) is 18.0. The Labute approximate surface area is 99.5 Å². The lowest BCUT2D eigenvalue weighted by Crippen LogP contribution is -1.98. The molecule has 3 heteroatoms. The molecule has 0 spiro atoms. The molecular weight excluding hydrogens is 208 g/mol. The minimum absolute atomic E-state index is 0.137. The highest BCUT2D eigenvalue weighted by molar-refractivity contribution is 7.80. The van der Waals surface area contributed by atoms with Crippen LogP contribution in [0.15, 0.2) is 0 Å². The van der Waals surface area contributed by atoms with Crippen LogP contribution in [0.1, 0.15) is 64.7 Å². The van der Waals surface area contributed by atoms with E-state index in [1.54, 1.807) is 0 Å². The van der Waals surface area contributed by atoms with Gasteiger partial charge in [-0.15, -0.1) is 12.6 Å². The fourth-order valence-corrected chi connectivity index (χ4v) is 1.83. The van der Waals surface area contributed by atoms with Crippen molar-refractivity contribution in [2.45, 2.75) is 76.3 Å². The smallest absolute Gasteiger partial charge is 0.0964 e. The average Bonchev–Trinajstić information content (AvgIpc) is 2.14. The van der Waals surface area contributed by atoms with Crippen molar-refractivity contribution in [1.82, 2.24) is 0 Å². The molecule has 0 saturated carbocycles. The third-order valence-corrected chi connectivity index (χ3v) is 2.84. The monoisotopic (exact) mass is 234 g/mol. The van der Waals surface area contributed by atoms with Gasteiger partial charge >= 0.3 is 0 Å². The van der Waals surface area contributed by atoms with Gasteiger partial charge in [0.25, 0.3) is 0 Å². The molecule has 0 saturated heterocycles. The van der Waals surface area contributed by atoms with Crippen molar-refractivity contribution in [2.24, 2.45) is 0 Å². The first kappa shape index (κ1) is 15.3. The fourth-order valence-electron chi connectivity index (χ4n) is 1.65. The molecule has 92 valence electrons. The molecule has 0 aromatic carbocycles. The lowest BCUT2D eigenvalue weighted by Gasteiger charge is -2.04. The Hall–Kier alpha value is 0.270. The quantitative estimate of drug-likeness (QED) is 0.309. The number of aliphatic hydroxyl groups excluding tert-OH is 2. The van der Waals surface area contributed by atoms with Gasteiger partial charge in [0.15, 0.2) is 0 Å². The van der Waals surface area contributed by atoms with E-state index in [1.165, 1.54) is 32.1 Å². The van der Waals surface area contributed by atoms with Crippen molar-refractivity contribution in [2.75, 3.05) is 0 Å². The van der Waals surface area contributed by atoms with Gasteiger partial charge in [-0.1, -0.05) is 44.9 Å². The molecule has 2 nitrogen and oxygen atoms in total. The van der Waals surface area contributed by atoms with Crippen LogP contribution in [0.25, 0.3) is 0 Å². The van der Waals surface area contributed by atoms with E-state index in [0.29, 0.717) is 0 Å². The number of hydrogen-bond donors (Lipinski definition) is 3. The summed E-state index contributed by atoms with van der Waals surface area (Å²) in [7, 11) is 0. The summed E-state index contributed by atoms with van der Waals surface area (Å²) in [6, 6.07) is 0. The van der Waals surface area contributed by atoms with Gasteiger partial charge in [-0.3, -0.25) is 0 Å². The van der Waals surface area contributed by atoms with Gasteiger partial charge < -0.3 is 10.2 Å². The Morgan fingerprint density at radius 3 is 1.60 bits per heavy atom. The maximum Gasteiger partial charge on any atom is 0.0964 e. The first-order chi connectivity index (χ1) is 7.13. The highest BCUT2D eigenvalue weighted by atomic mass is 32.1. The van der Waals surface area contributed by atoms with Crippen LogP contribution in [0.3, 0.4) is 0 Å². The average molecular weight is 234 g/mol. The minimum atomic E-state index is -0.434. The Kier molecular flexibility index (Phi) is 11.0. The second-order valence-electron chi connectivity index (χ2n) is 4.38. The van der Waals surface area contributed by atoms with Gasteiger partial charge in [0.05, 0.1) is 11.5 Å². The predicted molar refractivity (Wildman–Crippen MR) is 68.2 cm³/mol. The molecule has 0 rings (SSSR count). The van der Waals surface area contributed by atoms with Crippen molar-refractivity contribution in [3.05, 3.63) is 0 Å². The zero-order valence-corrected chi connectivity index (χ0v) is 10.8. The number of thiol groups is 1. The van der Waals surface area contributed by atoms with Crippen molar-refractivity contribution in [3.63, 3.8) is 0 Å². The van der Waals surface area contributed by atoms with Crippen LogP contribution < -0.4 is 0 Å². The maximum absolute atomic E-state index is 9.05. The Morgan fingerprint density at radius 1 is 0.800 bits per heavy atom. The van der Waals surface area contributed by atoms with Crippen LogP contribution in [-0.2, 0) is 0 Å². The SMILES string of the molecule is CC(O)CCCCCCCCCC(O)S. The van der Waals surface area contributed by atoms with Crippen LogP contribution in [-0.4, -0.2) is 21.8 Å². The fraction of sp³-hybridized carbons (Fsp3) is 1.00. The second-order valence-corrected chi connectivity index (χ2v) is 4.98. The largest absolute Gasteiger partial charge is 0.393 e. The molecular formula is C12H26O2S. The summed E-state index contributed by atoms with van der Waals surface area (Å²) in [5.74, 6) is 0. The van der Waals surface area contributed by atoms with Crippen LogP contribution in [0.5, 0.6) is 0 Å². The summed E-state index contributed by atoms with van der Waals surface area (Å²) in [6.07, 6.45) is 10.1. The van der Waals surface area contributed by atoms with E-state index in [-0.39, 0.29) is 6.10 Å². The minimum Gasteiger partial charge on any atom is -0.393 e. The van der Waals surface area contributed by atoms with E-state index in [2.05, 4.69) is 12.6 Å². The van der Waals surface area contributed by atoms with Crippen LogP contribution >= 0.6 is 12.6 Å². The van der Waals surface area contributed by atoms with Gasteiger partial charge in [0.1, 0.15) is 0 Å². The lowest BCUT2D eigenvalue weighted by atomic mass is 10.1. The molecule has 0 fully saturated rings. The van der Waals surface area contributed by atoms with Gasteiger partial charge in [-0.2, -0.15) is 0 Å². The van der Waals surface area contributed by atoms with E-state index >= 15 is 0 Å². The standard InChI is InChI=1S/C12H26O2S/c1-11(13)9-7-5-3-2-4-6-8-10-12(14)15/h11-15H,2-10H2,1H3. The molecule has 0 aliphatic rings. The normalized spacial score (nSPS) is 15.2. The molecule has 0 aliphatic carbocycles. The van der Waals surface area contributed by atoms with Crippen LogP contribution in [0.2, 0.25) is 0 Å². The third kappa shape index (κ3) is 14.3. The highest BCUT2D eigenvalue weighted by Gasteiger charge is 1.97. The van der Waals surface area contributed by atoms with E-state index < -0.39 is 5.44 Å². The van der Waals surface area contributed by atoms with Gasteiger partial charge in [-0.25, -0.2) is 0 Å². The Morgan fingerprint density at radius 2 is 1.20 bits per heavy atom. The van der Waals surface area contributed by atoms with E-state index in [9.17, 15) is 0 Å². The molecule has 0 aromatic heterocycles. The van der Waals surface area contributed by atoms with E-state index in [0.717, 1.165) is 25.7 Å². The van der Waals surface area contributed by atoms with Crippen molar-refractivity contribution < 1.29 is 10.2 Å². The van der Waals surface area contributed by atoms with E-state index in [1.807, 2.05) is 6.92 Å². The van der Waals surface area contributed by atoms with Gasteiger partial charge in [0.2, 0.25) is 0 Å². The summed E-state index contributed by atoms with van der Waals surface area (Å²) in [6.45, 7) is 1.85. The molecule has 0 bridgehead atoms. The zero-order valence-electron chi connectivity index (χ0n) is 9.86. The first-order valence-corrected chi connectivity index (χ1v) is 6.68. The summed E-state index contributed by atoms with van der Waals surface area (Å²) >= 11 is 3.92. The van der Waals surface area contributed by atoms with Crippen LogP contribution in [0, 0.1) is 0 Å². The van der Waals surface area contributed by atoms with Gasteiger partial charge in [-0.05, 0) is 19.8 Å². The maximum atomic E-state index is 9.05. The molecule has 0 amide bonds. The molecule has 0 aliphatic heterocycles. The van der Waals surface area contributed by atoms with Crippen molar-refractivity contribution in [1.29, 1.82) is 0 Å². The summed E-state index contributed by atoms with van der Waals surface area (Å²) < 4.78 is 0. The number of unbranched alkanes of at least 4 members (excludes halogenated alkanes) is 6. The lowest BCUT2D eigenvalue weighted by molar-refractivity contribution is 0.180. The first-order valence-electron chi connectivity index (χ1n) is 6.17. The molecule has 2 atom stereocenters. The topological polar surface area (TPSA) is 40.5 Å². The second kappa shape index (κ2) is 10.8. The molecule has 2 N–H and O–H groups in total. The third-order valence-electron chi connectivity index (χ3n) is 2.58. The summed E-state index contributed by atoms with van der Waals surface area (Å²) in [4.78, 5) is 0. The number of rotatable bonds is 10. The van der Waals surface area contributed by atoms with Crippen molar-refractivity contribution >= 4 is 12.6 Å². The molecule has 0 aromatic rings. The highest BCUT2D eigenvalue weighted by Crippen LogP contribution is 2.12. The molecule has 2 unspecified atom stereocenters. The number of aliphatic hydroxyl groups is 2. The molecule has 0 radical (unpaired) electrons.